The molecule has 4 nitrogen and oxygen atoms in total. The molecular formula is C13H15N3OS. The second-order valence-corrected chi connectivity index (χ2v) is 4.74. The Morgan fingerprint density at radius 1 is 1.33 bits per heavy atom. The first kappa shape index (κ1) is 12.7. The lowest BCUT2D eigenvalue weighted by Gasteiger charge is -1.99. The van der Waals surface area contributed by atoms with Crippen molar-refractivity contribution in [2.24, 2.45) is 0 Å². The molecule has 2 aromatic rings. The molecule has 94 valence electrons. The summed E-state index contributed by atoms with van der Waals surface area (Å²) in [5, 5.41) is 3.69. The van der Waals surface area contributed by atoms with E-state index in [1.807, 2.05) is 26.0 Å². The highest BCUT2D eigenvalue weighted by Crippen LogP contribution is 2.28. The number of rotatable bonds is 4. The fraction of sp³-hybridized carbons (Fsp3) is 0.308. The summed E-state index contributed by atoms with van der Waals surface area (Å²) >= 11 is 1.43. The van der Waals surface area contributed by atoms with Crippen LogP contribution in [-0.2, 0) is 6.42 Å². The normalized spacial score (nSPS) is 10.3. The Hall–Kier alpha value is -1.75. The third kappa shape index (κ3) is 2.56. The smallest absolute Gasteiger partial charge is 0.263 e. The summed E-state index contributed by atoms with van der Waals surface area (Å²) in [4.78, 5) is 21.1. The van der Waals surface area contributed by atoms with Crippen molar-refractivity contribution in [2.45, 2.75) is 20.3 Å². The highest BCUT2D eigenvalue weighted by molar-refractivity contribution is 7.17. The van der Waals surface area contributed by atoms with Crippen LogP contribution >= 0.6 is 11.3 Å². The van der Waals surface area contributed by atoms with Crippen molar-refractivity contribution in [3.8, 4) is 10.6 Å². The summed E-state index contributed by atoms with van der Waals surface area (Å²) < 4.78 is 0. The van der Waals surface area contributed by atoms with E-state index >= 15 is 0 Å². The molecular weight excluding hydrogens is 246 g/mol. The van der Waals surface area contributed by atoms with Gasteiger partial charge in [-0.25, -0.2) is 4.98 Å². The van der Waals surface area contributed by atoms with Crippen molar-refractivity contribution >= 4 is 17.2 Å². The summed E-state index contributed by atoms with van der Waals surface area (Å²) in [6, 6.07) is 3.81. The molecule has 0 radical (unpaired) electrons. The molecule has 0 aliphatic heterocycles. The molecule has 0 unspecified atom stereocenters. The van der Waals surface area contributed by atoms with Gasteiger partial charge in [0.2, 0.25) is 0 Å². The topological polar surface area (TPSA) is 54.9 Å². The summed E-state index contributed by atoms with van der Waals surface area (Å²) in [5.41, 5.74) is 1.86. The van der Waals surface area contributed by atoms with E-state index in [-0.39, 0.29) is 5.91 Å². The van der Waals surface area contributed by atoms with Crippen LogP contribution in [0.4, 0.5) is 0 Å². The fourth-order valence-corrected chi connectivity index (χ4v) is 2.70. The van der Waals surface area contributed by atoms with Crippen molar-refractivity contribution in [1.82, 2.24) is 15.3 Å². The van der Waals surface area contributed by atoms with E-state index < -0.39 is 0 Å². The number of thiazole rings is 1. The standard InChI is InChI=1S/C13H15N3OS/c1-3-10-11(12(17)15-4-2)18-13(16-10)9-5-7-14-8-6-9/h5-8H,3-4H2,1-2H3,(H,15,17). The summed E-state index contributed by atoms with van der Waals surface area (Å²) in [5.74, 6) is -0.0350. The number of nitrogens with zero attached hydrogens (tertiary/aromatic N) is 2. The molecule has 2 heterocycles. The van der Waals surface area contributed by atoms with Gasteiger partial charge in [-0.05, 0) is 25.5 Å². The highest BCUT2D eigenvalue weighted by Gasteiger charge is 2.16. The largest absolute Gasteiger partial charge is 0.352 e. The molecule has 18 heavy (non-hydrogen) atoms. The van der Waals surface area contributed by atoms with Gasteiger partial charge in [-0.2, -0.15) is 0 Å². The van der Waals surface area contributed by atoms with Crippen LogP contribution in [0.1, 0.15) is 29.2 Å². The number of pyridine rings is 1. The molecule has 0 aliphatic rings. The van der Waals surface area contributed by atoms with Gasteiger partial charge < -0.3 is 5.32 Å². The van der Waals surface area contributed by atoms with E-state index in [0.717, 1.165) is 22.7 Å². The molecule has 0 saturated carbocycles. The number of amides is 1. The van der Waals surface area contributed by atoms with Gasteiger partial charge in [-0.1, -0.05) is 6.92 Å². The third-order valence-corrected chi connectivity index (χ3v) is 3.65. The number of nitrogens with one attached hydrogen (secondary N) is 1. The van der Waals surface area contributed by atoms with Gasteiger partial charge in [0, 0.05) is 24.5 Å². The van der Waals surface area contributed by atoms with E-state index in [2.05, 4.69) is 15.3 Å². The van der Waals surface area contributed by atoms with E-state index in [4.69, 9.17) is 0 Å². The SMILES string of the molecule is CCNC(=O)c1sc(-c2ccncc2)nc1CC. The average Bonchev–Trinajstić information content (AvgIpc) is 2.84. The maximum atomic E-state index is 11.9. The van der Waals surface area contributed by atoms with Crippen LogP contribution in [0.25, 0.3) is 10.6 Å². The van der Waals surface area contributed by atoms with Crippen LogP contribution in [-0.4, -0.2) is 22.4 Å². The fourth-order valence-electron chi connectivity index (χ4n) is 1.63. The van der Waals surface area contributed by atoms with Gasteiger partial charge >= 0.3 is 0 Å². The molecule has 2 aromatic heterocycles. The predicted molar refractivity (Wildman–Crippen MR) is 72.7 cm³/mol. The van der Waals surface area contributed by atoms with Crippen molar-refractivity contribution in [1.29, 1.82) is 0 Å². The van der Waals surface area contributed by atoms with Crippen LogP contribution < -0.4 is 5.32 Å². The van der Waals surface area contributed by atoms with Crippen LogP contribution in [0.15, 0.2) is 24.5 Å². The number of aromatic nitrogens is 2. The maximum Gasteiger partial charge on any atom is 0.263 e. The monoisotopic (exact) mass is 261 g/mol. The number of carbonyl (C=O) groups excluding carboxylic acids is 1. The number of hydrogen-bond acceptors (Lipinski definition) is 4. The van der Waals surface area contributed by atoms with Gasteiger partial charge in [0.05, 0.1) is 5.69 Å². The zero-order valence-corrected chi connectivity index (χ0v) is 11.3. The first-order valence-corrected chi connectivity index (χ1v) is 6.76. The second-order valence-electron chi connectivity index (χ2n) is 3.74. The minimum Gasteiger partial charge on any atom is -0.352 e. The molecule has 1 amide bonds. The summed E-state index contributed by atoms with van der Waals surface area (Å²) in [7, 11) is 0. The minimum absolute atomic E-state index is 0.0350. The summed E-state index contributed by atoms with van der Waals surface area (Å²) in [6.07, 6.45) is 4.22. The molecule has 5 heteroatoms. The van der Waals surface area contributed by atoms with E-state index in [1.165, 1.54) is 11.3 Å². The van der Waals surface area contributed by atoms with Crippen LogP contribution in [0.2, 0.25) is 0 Å². The van der Waals surface area contributed by atoms with Gasteiger partial charge in [0.15, 0.2) is 0 Å². The Balaban J connectivity index is 2.38. The molecule has 0 bridgehead atoms. The average molecular weight is 261 g/mol. The van der Waals surface area contributed by atoms with E-state index in [1.54, 1.807) is 12.4 Å². The molecule has 0 aromatic carbocycles. The third-order valence-electron chi connectivity index (χ3n) is 2.50. The number of hydrogen-bond donors (Lipinski definition) is 1. The zero-order chi connectivity index (χ0) is 13.0. The van der Waals surface area contributed by atoms with Gasteiger partial charge in [-0.15, -0.1) is 11.3 Å². The van der Waals surface area contributed by atoms with Gasteiger partial charge in [0.1, 0.15) is 9.88 Å². The number of carbonyl (C=O) groups is 1. The van der Waals surface area contributed by atoms with E-state index in [9.17, 15) is 4.79 Å². The molecule has 0 spiro atoms. The Morgan fingerprint density at radius 3 is 2.67 bits per heavy atom. The Morgan fingerprint density at radius 2 is 2.06 bits per heavy atom. The lowest BCUT2D eigenvalue weighted by molar-refractivity contribution is 0.0959. The maximum absolute atomic E-state index is 11.9. The second kappa shape index (κ2) is 5.73. The Kier molecular flexibility index (Phi) is 4.04. The van der Waals surface area contributed by atoms with Crippen molar-refractivity contribution in [2.75, 3.05) is 6.54 Å². The summed E-state index contributed by atoms with van der Waals surface area (Å²) in [6.45, 7) is 4.55. The Bertz CT molecular complexity index is 536. The Labute approximate surface area is 110 Å². The quantitative estimate of drug-likeness (QED) is 0.920. The molecule has 0 atom stereocenters. The van der Waals surface area contributed by atoms with Gasteiger partial charge in [-0.3, -0.25) is 9.78 Å². The lowest BCUT2D eigenvalue weighted by Crippen LogP contribution is -2.22. The van der Waals surface area contributed by atoms with Crippen LogP contribution in [0.3, 0.4) is 0 Å². The zero-order valence-electron chi connectivity index (χ0n) is 10.4. The molecule has 2 rings (SSSR count). The lowest BCUT2D eigenvalue weighted by atomic mass is 10.2. The number of aryl methyl sites for hydroxylation is 1. The first-order chi connectivity index (χ1) is 8.76. The molecule has 1 N–H and O–H groups in total. The van der Waals surface area contributed by atoms with Crippen molar-refractivity contribution < 1.29 is 4.79 Å². The molecule has 0 aliphatic carbocycles. The van der Waals surface area contributed by atoms with Crippen molar-refractivity contribution in [3.63, 3.8) is 0 Å². The van der Waals surface area contributed by atoms with Crippen LogP contribution in [0, 0.1) is 0 Å². The highest BCUT2D eigenvalue weighted by atomic mass is 32.1. The molecule has 0 saturated heterocycles. The van der Waals surface area contributed by atoms with E-state index in [0.29, 0.717) is 11.4 Å². The molecule has 0 fully saturated rings. The van der Waals surface area contributed by atoms with Crippen LogP contribution in [0.5, 0.6) is 0 Å². The minimum atomic E-state index is -0.0350. The predicted octanol–water partition coefficient (Wildman–Crippen LogP) is 2.52. The van der Waals surface area contributed by atoms with Crippen molar-refractivity contribution in [3.05, 3.63) is 35.1 Å². The first-order valence-electron chi connectivity index (χ1n) is 5.94. The van der Waals surface area contributed by atoms with Gasteiger partial charge in [0.25, 0.3) is 5.91 Å².